The van der Waals surface area contributed by atoms with Crippen LogP contribution >= 0.6 is 0 Å². The molecular formula is C33H60N12O8+4. The lowest BCUT2D eigenvalue weighted by molar-refractivity contribution is -0.863. The molecule has 0 aromatic carbocycles. The molecule has 0 radical (unpaired) electrons. The Morgan fingerprint density at radius 2 is 0.642 bits per heavy atom. The van der Waals surface area contributed by atoms with Gasteiger partial charge in [0.05, 0.1) is 73.7 Å². The Hall–Kier alpha value is -3.76. The van der Waals surface area contributed by atoms with Crippen LogP contribution in [0.2, 0.25) is 0 Å². The van der Waals surface area contributed by atoms with E-state index in [1.54, 1.807) is 28.4 Å². The van der Waals surface area contributed by atoms with Gasteiger partial charge in [0.25, 0.3) is 0 Å². The lowest BCUT2D eigenvalue weighted by Gasteiger charge is -2.24. The van der Waals surface area contributed by atoms with E-state index in [4.69, 9.17) is 58.7 Å². The zero-order chi connectivity index (χ0) is 38.1. The van der Waals surface area contributed by atoms with Gasteiger partial charge in [-0.25, -0.2) is 0 Å². The predicted octanol–water partition coefficient (Wildman–Crippen LogP) is -2.49. The van der Waals surface area contributed by atoms with E-state index >= 15 is 0 Å². The lowest BCUT2D eigenvalue weighted by atomic mass is 9.87. The van der Waals surface area contributed by atoms with E-state index in [0.29, 0.717) is 105 Å². The first-order valence-corrected chi connectivity index (χ1v) is 17.7. The van der Waals surface area contributed by atoms with Crippen LogP contribution in [-0.4, -0.2) is 121 Å². The molecule has 0 saturated carbocycles. The first kappa shape index (κ1) is 42.0. The summed E-state index contributed by atoms with van der Waals surface area (Å²) in [5, 5.41) is 19.5. The van der Waals surface area contributed by atoms with Crippen LogP contribution in [-0.2, 0) is 119 Å². The number of methoxy groups -OCH3 is 4. The SMILES string of the molecule is COCCOCc1c[n+](CC(C[n+]2cc(COCCOC)n(C)n2)(C[n+]2cc(COCCOC)n(C)n2)C[n+]2cc(COCCOC)n(C)n2)nn1C. The summed E-state index contributed by atoms with van der Waals surface area (Å²) < 4.78 is 59.2. The molecule has 20 heteroatoms. The van der Waals surface area contributed by atoms with E-state index in [-0.39, 0.29) is 0 Å². The maximum Gasteiger partial charge on any atom is 0.192 e. The molecule has 0 N–H and O–H groups in total. The van der Waals surface area contributed by atoms with Gasteiger partial charge in [-0.3, -0.25) is 0 Å². The smallest absolute Gasteiger partial charge is 0.192 e. The summed E-state index contributed by atoms with van der Waals surface area (Å²) in [7, 11) is 14.3. The van der Waals surface area contributed by atoms with Crippen molar-refractivity contribution in [3.8, 4) is 0 Å². The second kappa shape index (κ2) is 21.8. The van der Waals surface area contributed by atoms with Gasteiger partial charge in [-0.05, 0) is 0 Å². The van der Waals surface area contributed by atoms with Gasteiger partial charge in [0.15, 0.2) is 47.6 Å². The summed E-state index contributed by atoms with van der Waals surface area (Å²) in [6, 6.07) is 0. The fourth-order valence-electron chi connectivity index (χ4n) is 5.83. The summed E-state index contributed by atoms with van der Waals surface area (Å²) in [4.78, 5) is 0. The van der Waals surface area contributed by atoms with Crippen molar-refractivity contribution in [2.24, 2.45) is 33.6 Å². The van der Waals surface area contributed by atoms with Crippen LogP contribution in [0.4, 0.5) is 0 Å². The van der Waals surface area contributed by atoms with Crippen molar-refractivity contribution in [2.45, 2.75) is 52.6 Å². The van der Waals surface area contributed by atoms with Crippen LogP contribution in [0, 0.1) is 5.41 Å². The second-order valence-corrected chi connectivity index (χ2v) is 13.0. The molecule has 0 spiro atoms. The van der Waals surface area contributed by atoms with Gasteiger partial charge in [0, 0.05) is 28.4 Å². The van der Waals surface area contributed by atoms with Crippen LogP contribution in [0.1, 0.15) is 22.8 Å². The monoisotopic (exact) mass is 752 g/mol. The van der Waals surface area contributed by atoms with Gasteiger partial charge in [-0.1, -0.05) is 0 Å². The summed E-state index contributed by atoms with van der Waals surface area (Å²) in [6.45, 7) is 7.60. The number of rotatable bonds is 28. The number of ether oxygens (including phenoxy) is 8. The quantitative estimate of drug-likeness (QED) is 0.0445. The van der Waals surface area contributed by atoms with E-state index in [1.807, 2.05) is 90.4 Å². The average Bonchev–Trinajstić information content (AvgIpc) is 3.86. The third kappa shape index (κ3) is 13.2. The molecule has 4 heterocycles. The molecule has 0 atom stereocenters. The molecule has 4 aromatic rings. The molecule has 53 heavy (non-hydrogen) atoms. The van der Waals surface area contributed by atoms with Crippen molar-refractivity contribution in [3.63, 3.8) is 0 Å². The highest BCUT2D eigenvalue weighted by Gasteiger charge is 2.45. The zero-order valence-electron chi connectivity index (χ0n) is 32.8. The minimum Gasteiger partial charge on any atom is -0.382 e. The summed E-state index contributed by atoms with van der Waals surface area (Å²) in [5.41, 5.74) is 3.13. The largest absolute Gasteiger partial charge is 0.382 e. The molecule has 0 aliphatic rings. The van der Waals surface area contributed by atoms with E-state index in [2.05, 4.69) is 0 Å². The molecule has 0 bridgehead atoms. The number of aryl methyl sites for hydroxylation is 4. The third-order valence-electron chi connectivity index (χ3n) is 8.57. The van der Waals surface area contributed by atoms with Crippen LogP contribution in [0.15, 0.2) is 24.8 Å². The molecule has 296 valence electrons. The molecule has 0 aliphatic heterocycles. The fourth-order valence-corrected chi connectivity index (χ4v) is 5.83. The minimum absolute atomic E-state index is 0.400. The first-order valence-electron chi connectivity index (χ1n) is 17.7. The average molecular weight is 753 g/mol. The fraction of sp³-hybridized carbons (Fsp3) is 0.758. The van der Waals surface area contributed by atoms with Gasteiger partial charge in [0.2, 0.25) is 0 Å². The Balaban J connectivity index is 1.73. The standard InChI is InChI=1S/C33H60N12O8/c1-38-29(21-50-13-9-46-5)17-42(34-38)25-33(26-43-18-30(39(2)35-43)22-51-14-10-47-6,27-44-19-31(40(3)36-44)23-52-15-11-48-7)28-45-20-32(41(4)37-45)24-53-16-12-49-8/h17-20H,9-16,21-28H2,1-8H3/q+4. The molecule has 0 aliphatic carbocycles. The molecule has 4 aromatic heterocycles. The van der Waals surface area contributed by atoms with Gasteiger partial charge in [-0.15, -0.1) is 37.5 Å². The van der Waals surface area contributed by atoms with Crippen molar-refractivity contribution >= 4 is 0 Å². The van der Waals surface area contributed by atoms with Crippen molar-refractivity contribution in [1.29, 1.82) is 0 Å². The predicted molar refractivity (Wildman–Crippen MR) is 182 cm³/mol. The van der Waals surface area contributed by atoms with Crippen LogP contribution in [0.3, 0.4) is 0 Å². The Morgan fingerprint density at radius 1 is 0.415 bits per heavy atom. The van der Waals surface area contributed by atoms with Crippen molar-refractivity contribution in [3.05, 3.63) is 47.6 Å². The van der Waals surface area contributed by atoms with Gasteiger partial charge in [-0.2, -0.15) is 0 Å². The van der Waals surface area contributed by atoms with Crippen molar-refractivity contribution in [2.75, 3.05) is 81.3 Å². The molecular weight excluding hydrogens is 692 g/mol. The minimum atomic E-state index is -0.583. The second-order valence-electron chi connectivity index (χ2n) is 13.0. The topological polar surface area (TPSA) is 161 Å². The zero-order valence-corrected chi connectivity index (χ0v) is 32.8. The first-order chi connectivity index (χ1) is 25.7. The Morgan fingerprint density at radius 3 is 0.849 bits per heavy atom. The molecule has 0 saturated heterocycles. The van der Waals surface area contributed by atoms with Crippen LogP contribution < -0.4 is 18.7 Å². The van der Waals surface area contributed by atoms with Gasteiger partial charge >= 0.3 is 0 Å². The summed E-state index contributed by atoms with van der Waals surface area (Å²) in [5.74, 6) is 0. The number of nitrogens with zero attached hydrogens (tertiary/aromatic N) is 12. The van der Waals surface area contributed by atoms with E-state index < -0.39 is 5.41 Å². The third-order valence-corrected chi connectivity index (χ3v) is 8.57. The van der Waals surface area contributed by atoms with Gasteiger partial charge in [0.1, 0.15) is 86.2 Å². The van der Waals surface area contributed by atoms with Crippen molar-refractivity contribution in [1.82, 2.24) is 39.6 Å². The lowest BCUT2D eigenvalue weighted by Crippen LogP contribution is -2.64. The molecule has 4 rings (SSSR count). The molecule has 0 fully saturated rings. The summed E-state index contributed by atoms with van der Waals surface area (Å²) >= 11 is 0. The highest BCUT2D eigenvalue weighted by molar-refractivity contribution is 4.89. The number of aromatic nitrogens is 12. The summed E-state index contributed by atoms with van der Waals surface area (Å²) in [6.07, 6.45) is 8.10. The Kier molecular flexibility index (Phi) is 17.3. The number of hydrogen-bond acceptors (Lipinski definition) is 12. The highest BCUT2D eigenvalue weighted by atomic mass is 16.5. The highest BCUT2D eigenvalue weighted by Crippen LogP contribution is 2.21. The maximum atomic E-state index is 5.85. The van der Waals surface area contributed by atoms with Crippen molar-refractivity contribution < 1.29 is 56.6 Å². The van der Waals surface area contributed by atoms with E-state index in [1.165, 1.54) is 0 Å². The van der Waals surface area contributed by atoms with Crippen LogP contribution in [0.5, 0.6) is 0 Å². The molecule has 0 unspecified atom stereocenters. The maximum absolute atomic E-state index is 5.85. The van der Waals surface area contributed by atoms with Gasteiger partial charge < -0.3 is 37.9 Å². The normalized spacial score (nSPS) is 12.1. The molecule has 20 nitrogen and oxygen atoms in total. The Labute approximate surface area is 311 Å². The van der Waals surface area contributed by atoms with E-state index in [9.17, 15) is 0 Å². The Bertz CT molecular complexity index is 1400. The van der Waals surface area contributed by atoms with Crippen LogP contribution in [0.25, 0.3) is 0 Å². The van der Waals surface area contributed by atoms with E-state index in [0.717, 1.165) is 22.8 Å². The number of hydrogen-bond donors (Lipinski definition) is 0. The molecule has 0 amide bonds.